The minimum absolute atomic E-state index is 0.374. The summed E-state index contributed by atoms with van der Waals surface area (Å²) in [7, 11) is 0. The first-order chi connectivity index (χ1) is 4.86. The summed E-state index contributed by atoms with van der Waals surface area (Å²) < 4.78 is 0. The standard InChI is InChI=1S/C9H15N/c1-2-8-4-3-5-9(6-8)7-10/h8-9H,2-6H2,1H3/t8-,9+/m0/s1. The highest BCUT2D eigenvalue weighted by atomic mass is 14.3. The molecule has 1 heteroatoms. The Morgan fingerprint density at radius 1 is 1.50 bits per heavy atom. The van der Waals surface area contributed by atoms with Crippen molar-refractivity contribution < 1.29 is 0 Å². The van der Waals surface area contributed by atoms with Crippen molar-refractivity contribution in [1.29, 1.82) is 5.26 Å². The smallest absolute Gasteiger partial charge is 0.0655 e. The van der Waals surface area contributed by atoms with Gasteiger partial charge in [-0.05, 0) is 18.8 Å². The number of hydrogen-bond donors (Lipinski definition) is 0. The zero-order valence-corrected chi connectivity index (χ0v) is 6.64. The Hall–Kier alpha value is -0.510. The maximum atomic E-state index is 8.65. The Bertz CT molecular complexity index is 134. The monoisotopic (exact) mass is 137 g/mol. The number of hydrogen-bond acceptors (Lipinski definition) is 1. The van der Waals surface area contributed by atoms with Crippen LogP contribution in [0.5, 0.6) is 0 Å². The average molecular weight is 137 g/mol. The minimum Gasteiger partial charge on any atom is -0.198 e. The molecule has 0 N–H and O–H groups in total. The van der Waals surface area contributed by atoms with E-state index in [1.165, 1.54) is 19.3 Å². The van der Waals surface area contributed by atoms with Crippen molar-refractivity contribution in [3.8, 4) is 6.07 Å². The molecule has 1 saturated carbocycles. The van der Waals surface area contributed by atoms with E-state index in [-0.39, 0.29) is 0 Å². The van der Waals surface area contributed by atoms with Crippen molar-refractivity contribution in [2.75, 3.05) is 0 Å². The van der Waals surface area contributed by atoms with Crippen LogP contribution in [0.1, 0.15) is 39.0 Å². The third-order valence-electron chi connectivity index (χ3n) is 2.54. The summed E-state index contributed by atoms with van der Waals surface area (Å²) in [6, 6.07) is 2.37. The summed E-state index contributed by atoms with van der Waals surface area (Å²) in [4.78, 5) is 0. The second kappa shape index (κ2) is 3.61. The predicted octanol–water partition coefficient (Wildman–Crippen LogP) is 2.73. The Kier molecular flexibility index (Phi) is 2.74. The minimum atomic E-state index is 0.374. The second-order valence-electron chi connectivity index (χ2n) is 3.27. The maximum Gasteiger partial charge on any atom is 0.0655 e. The molecule has 2 atom stereocenters. The lowest BCUT2D eigenvalue weighted by molar-refractivity contribution is 0.302. The van der Waals surface area contributed by atoms with Crippen LogP contribution in [0.3, 0.4) is 0 Å². The molecular formula is C9H15N. The lowest BCUT2D eigenvalue weighted by Gasteiger charge is -2.23. The fraction of sp³-hybridized carbons (Fsp3) is 0.889. The van der Waals surface area contributed by atoms with Gasteiger partial charge in [-0.25, -0.2) is 0 Å². The molecule has 0 bridgehead atoms. The van der Waals surface area contributed by atoms with Gasteiger partial charge in [-0.2, -0.15) is 5.26 Å². The van der Waals surface area contributed by atoms with E-state index in [0.717, 1.165) is 18.8 Å². The molecule has 0 aromatic heterocycles. The fourth-order valence-corrected chi connectivity index (χ4v) is 1.78. The van der Waals surface area contributed by atoms with Gasteiger partial charge in [-0.3, -0.25) is 0 Å². The van der Waals surface area contributed by atoms with Crippen LogP contribution in [0.25, 0.3) is 0 Å². The largest absolute Gasteiger partial charge is 0.198 e. The van der Waals surface area contributed by atoms with E-state index in [2.05, 4.69) is 13.0 Å². The quantitative estimate of drug-likeness (QED) is 0.545. The third kappa shape index (κ3) is 1.73. The zero-order chi connectivity index (χ0) is 7.40. The molecule has 0 aliphatic heterocycles. The van der Waals surface area contributed by atoms with Crippen LogP contribution in [-0.4, -0.2) is 0 Å². The normalized spacial score (nSPS) is 33.2. The topological polar surface area (TPSA) is 23.8 Å². The number of rotatable bonds is 1. The number of nitrogens with zero attached hydrogens (tertiary/aromatic N) is 1. The van der Waals surface area contributed by atoms with Gasteiger partial charge in [0.2, 0.25) is 0 Å². The summed E-state index contributed by atoms with van der Waals surface area (Å²) in [6.45, 7) is 2.23. The second-order valence-corrected chi connectivity index (χ2v) is 3.27. The molecule has 0 aromatic rings. The van der Waals surface area contributed by atoms with Gasteiger partial charge in [0.05, 0.1) is 6.07 Å². The molecule has 0 heterocycles. The van der Waals surface area contributed by atoms with E-state index in [9.17, 15) is 0 Å². The Balaban J connectivity index is 2.33. The molecule has 0 radical (unpaired) electrons. The Labute approximate surface area is 63.0 Å². The molecule has 0 amide bonds. The molecule has 1 fully saturated rings. The summed E-state index contributed by atoms with van der Waals surface area (Å²) in [5, 5.41) is 8.65. The summed E-state index contributed by atoms with van der Waals surface area (Å²) in [5.74, 6) is 1.22. The SMILES string of the molecule is CC[C@H]1CCC[C@@H](C#N)C1. The lowest BCUT2D eigenvalue weighted by atomic mass is 9.81. The molecule has 0 spiro atoms. The van der Waals surface area contributed by atoms with E-state index in [1.807, 2.05) is 0 Å². The lowest BCUT2D eigenvalue weighted by Crippen LogP contribution is -2.13. The molecule has 1 aliphatic rings. The maximum absolute atomic E-state index is 8.65. The molecular weight excluding hydrogens is 122 g/mol. The first kappa shape index (κ1) is 7.60. The fourth-order valence-electron chi connectivity index (χ4n) is 1.78. The first-order valence-electron chi connectivity index (χ1n) is 4.26. The van der Waals surface area contributed by atoms with Gasteiger partial charge >= 0.3 is 0 Å². The van der Waals surface area contributed by atoms with Gasteiger partial charge in [-0.15, -0.1) is 0 Å². The molecule has 0 aromatic carbocycles. The summed E-state index contributed by atoms with van der Waals surface area (Å²) in [5.41, 5.74) is 0. The van der Waals surface area contributed by atoms with Gasteiger partial charge in [0.15, 0.2) is 0 Å². The van der Waals surface area contributed by atoms with E-state index < -0.39 is 0 Å². The number of nitriles is 1. The molecule has 1 aliphatic carbocycles. The van der Waals surface area contributed by atoms with Crippen LogP contribution in [0.15, 0.2) is 0 Å². The predicted molar refractivity (Wildman–Crippen MR) is 41.4 cm³/mol. The molecule has 0 unspecified atom stereocenters. The third-order valence-corrected chi connectivity index (χ3v) is 2.54. The van der Waals surface area contributed by atoms with E-state index in [1.54, 1.807) is 0 Å². The zero-order valence-electron chi connectivity index (χ0n) is 6.64. The van der Waals surface area contributed by atoms with Crippen LogP contribution in [0, 0.1) is 23.2 Å². The average Bonchev–Trinajstić information content (AvgIpc) is 2.05. The van der Waals surface area contributed by atoms with Crippen molar-refractivity contribution in [3.63, 3.8) is 0 Å². The highest BCUT2D eigenvalue weighted by Gasteiger charge is 2.19. The molecule has 1 rings (SSSR count). The van der Waals surface area contributed by atoms with Crippen molar-refractivity contribution in [2.24, 2.45) is 11.8 Å². The molecule has 56 valence electrons. The van der Waals surface area contributed by atoms with E-state index in [4.69, 9.17) is 5.26 Å². The Morgan fingerprint density at radius 3 is 2.90 bits per heavy atom. The summed E-state index contributed by atoms with van der Waals surface area (Å²) in [6.07, 6.45) is 6.20. The Morgan fingerprint density at radius 2 is 2.30 bits per heavy atom. The molecule has 1 nitrogen and oxygen atoms in total. The van der Waals surface area contributed by atoms with E-state index in [0.29, 0.717) is 5.92 Å². The van der Waals surface area contributed by atoms with Crippen LogP contribution < -0.4 is 0 Å². The van der Waals surface area contributed by atoms with Crippen molar-refractivity contribution in [3.05, 3.63) is 0 Å². The van der Waals surface area contributed by atoms with Gasteiger partial charge in [-0.1, -0.05) is 26.2 Å². The molecule has 0 saturated heterocycles. The van der Waals surface area contributed by atoms with Crippen LogP contribution in [-0.2, 0) is 0 Å². The van der Waals surface area contributed by atoms with Crippen LogP contribution >= 0.6 is 0 Å². The van der Waals surface area contributed by atoms with Crippen LogP contribution in [0.2, 0.25) is 0 Å². The van der Waals surface area contributed by atoms with E-state index >= 15 is 0 Å². The highest BCUT2D eigenvalue weighted by molar-refractivity contribution is 4.87. The summed E-state index contributed by atoms with van der Waals surface area (Å²) >= 11 is 0. The van der Waals surface area contributed by atoms with Gasteiger partial charge in [0.1, 0.15) is 0 Å². The van der Waals surface area contributed by atoms with Gasteiger partial charge in [0, 0.05) is 5.92 Å². The first-order valence-corrected chi connectivity index (χ1v) is 4.26. The van der Waals surface area contributed by atoms with Crippen molar-refractivity contribution >= 4 is 0 Å². The molecule has 10 heavy (non-hydrogen) atoms. The van der Waals surface area contributed by atoms with Crippen molar-refractivity contribution in [2.45, 2.75) is 39.0 Å². The highest BCUT2D eigenvalue weighted by Crippen LogP contribution is 2.30. The van der Waals surface area contributed by atoms with Gasteiger partial charge < -0.3 is 0 Å². The van der Waals surface area contributed by atoms with Gasteiger partial charge in [0.25, 0.3) is 0 Å². The van der Waals surface area contributed by atoms with Crippen LogP contribution in [0.4, 0.5) is 0 Å². The van der Waals surface area contributed by atoms with Crippen molar-refractivity contribution in [1.82, 2.24) is 0 Å².